The van der Waals surface area contributed by atoms with Gasteiger partial charge in [-0.1, -0.05) is 11.6 Å². The minimum atomic E-state index is -0.667. The van der Waals surface area contributed by atoms with Crippen LogP contribution in [0.4, 0.5) is 0 Å². The Morgan fingerprint density at radius 2 is 1.81 bits per heavy atom. The predicted molar refractivity (Wildman–Crippen MR) is 96.9 cm³/mol. The van der Waals surface area contributed by atoms with Crippen LogP contribution in [-0.4, -0.2) is 27.3 Å². The van der Waals surface area contributed by atoms with E-state index in [1.54, 1.807) is 25.3 Å². The maximum absolute atomic E-state index is 12.2. The van der Waals surface area contributed by atoms with Gasteiger partial charge in [-0.25, -0.2) is 4.79 Å². The van der Waals surface area contributed by atoms with E-state index in [1.165, 1.54) is 38.5 Å². The van der Waals surface area contributed by atoms with E-state index in [0.717, 1.165) is 0 Å². The predicted octanol–water partition coefficient (Wildman–Crippen LogP) is 3.86. The summed E-state index contributed by atoms with van der Waals surface area (Å²) in [7, 11) is 4.46. The Bertz CT molecular complexity index is 886. The van der Waals surface area contributed by atoms with Crippen LogP contribution in [0.2, 0.25) is 5.02 Å². The van der Waals surface area contributed by atoms with Crippen molar-refractivity contribution in [1.29, 1.82) is 5.26 Å². The van der Waals surface area contributed by atoms with Crippen LogP contribution in [-0.2, 0) is 4.79 Å². The van der Waals surface area contributed by atoms with Crippen molar-refractivity contribution in [3.05, 3.63) is 52.6 Å². The van der Waals surface area contributed by atoms with Crippen molar-refractivity contribution in [2.75, 3.05) is 21.3 Å². The highest BCUT2D eigenvalue weighted by atomic mass is 35.5. The van der Waals surface area contributed by atoms with Gasteiger partial charge in [-0.3, -0.25) is 0 Å². The van der Waals surface area contributed by atoms with Crippen molar-refractivity contribution >= 4 is 23.6 Å². The van der Waals surface area contributed by atoms with Crippen LogP contribution in [0.3, 0.4) is 0 Å². The quantitative estimate of drug-likeness (QED) is 0.434. The van der Waals surface area contributed by atoms with Crippen LogP contribution in [0.1, 0.15) is 11.1 Å². The molecule has 0 fully saturated rings. The topological polar surface area (TPSA) is 77.8 Å². The van der Waals surface area contributed by atoms with Gasteiger partial charge in [0.05, 0.1) is 38.0 Å². The molecule has 0 heterocycles. The summed E-state index contributed by atoms with van der Waals surface area (Å²) in [4.78, 5) is 12.2. The fourth-order valence-corrected chi connectivity index (χ4v) is 2.39. The molecule has 0 aliphatic rings. The average molecular weight is 374 g/mol. The molecule has 2 aromatic carbocycles. The largest absolute Gasteiger partial charge is 0.497 e. The molecule has 7 heteroatoms. The second-order valence-electron chi connectivity index (χ2n) is 4.96. The first kappa shape index (κ1) is 19.2. The lowest BCUT2D eigenvalue weighted by Crippen LogP contribution is -2.06. The Labute approximate surface area is 156 Å². The number of hydrogen-bond acceptors (Lipinski definition) is 6. The number of hydrogen-bond donors (Lipinski definition) is 0. The summed E-state index contributed by atoms with van der Waals surface area (Å²) in [5.41, 5.74) is 0.935. The zero-order chi connectivity index (χ0) is 19.1. The van der Waals surface area contributed by atoms with Gasteiger partial charge in [-0.2, -0.15) is 5.26 Å². The molecule has 0 spiro atoms. The summed E-state index contributed by atoms with van der Waals surface area (Å²) < 4.78 is 20.8. The zero-order valence-corrected chi connectivity index (χ0v) is 15.2. The summed E-state index contributed by atoms with van der Waals surface area (Å²) in [6, 6.07) is 9.97. The molecular formula is C19H16ClNO5. The van der Waals surface area contributed by atoms with Gasteiger partial charge in [-0.05, 0) is 30.3 Å². The molecule has 134 valence electrons. The normalized spacial score (nSPS) is 10.3. The number of carbonyl (C=O) groups is 1. The van der Waals surface area contributed by atoms with E-state index in [-0.39, 0.29) is 16.5 Å². The third-order valence-corrected chi connectivity index (χ3v) is 3.68. The van der Waals surface area contributed by atoms with Gasteiger partial charge in [0, 0.05) is 17.7 Å². The number of nitriles is 1. The first-order chi connectivity index (χ1) is 12.5. The van der Waals surface area contributed by atoms with Crippen LogP contribution in [0.25, 0.3) is 6.08 Å². The van der Waals surface area contributed by atoms with E-state index in [1.807, 2.05) is 6.07 Å². The fourth-order valence-electron chi connectivity index (χ4n) is 2.15. The molecule has 2 rings (SSSR count). The number of rotatable bonds is 6. The Morgan fingerprint density at radius 3 is 2.42 bits per heavy atom. The maximum Gasteiger partial charge on any atom is 0.336 e. The minimum Gasteiger partial charge on any atom is -0.497 e. The third-order valence-electron chi connectivity index (χ3n) is 3.40. The van der Waals surface area contributed by atoms with Crippen LogP contribution in [0.5, 0.6) is 23.0 Å². The number of esters is 1. The van der Waals surface area contributed by atoms with Crippen molar-refractivity contribution in [3.63, 3.8) is 0 Å². The van der Waals surface area contributed by atoms with Crippen molar-refractivity contribution in [1.82, 2.24) is 0 Å². The highest BCUT2D eigenvalue weighted by Gasteiger charge is 2.15. The number of nitrogens with zero attached hydrogens (tertiary/aromatic N) is 1. The number of ether oxygens (including phenoxy) is 4. The van der Waals surface area contributed by atoms with E-state index in [0.29, 0.717) is 22.6 Å². The molecule has 0 atom stereocenters. The Hall–Kier alpha value is -3.17. The molecule has 0 bridgehead atoms. The standard InChI is InChI=1S/C19H16ClNO5/c1-23-14-5-6-16(24-2)13(10-14)4-7-18(22)26-19-15(20)8-12(11-21)9-17(19)25-3/h4-10H,1-3H3/b7-4+. The van der Waals surface area contributed by atoms with Crippen LogP contribution in [0, 0.1) is 11.3 Å². The van der Waals surface area contributed by atoms with E-state index < -0.39 is 5.97 Å². The molecular weight excluding hydrogens is 358 g/mol. The molecule has 0 aliphatic carbocycles. The molecule has 26 heavy (non-hydrogen) atoms. The summed E-state index contributed by atoms with van der Waals surface area (Å²) in [5, 5.41) is 9.05. The Kier molecular flexibility index (Phi) is 6.48. The smallest absolute Gasteiger partial charge is 0.336 e. The molecule has 2 aromatic rings. The van der Waals surface area contributed by atoms with Crippen molar-refractivity contribution in [2.24, 2.45) is 0 Å². The van der Waals surface area contributed by atoms with E-state index in [9.17, 15) is 4.79 Å². The average Bonchev–Trinajstić information content (AvgIpc) is 2.67. The van der Waals surface area contributed by atoms with Crippen LogP contribution < -0.4 is 18.9 Å². The van der Waals surface area contributed by atoms with Gasteiger partial charge in [-0.15, -0.1) is 0 Å². The molecule has 0 aliphatic heterocycles. The lowest BCUT2D eigenvalue weighted by Gasteiger charge is -2.10. The van der Waals surface area contributed by atoms with E-state index in [2.05, 4.69) is 0 Å². The summed E-state index contributed by atoms with van der Waals surface area (Å²) in [5.74, 6) is 0.759. The summed E-state index contributed by atoms with van der Waals surface area (Å²) in [6.07, 6.45) is 2.76. The van der Waals surface area contributed by atoms with Gasteiger partial charge in [0.2, 0.25) is 0 Å². The Balaban J connectivity index is 2.25. The second-order valence-corrected chi connectivity index (χ2v) is 5.37. The summed E-state index contributed by atoms with van der Waals surface area (Å²) >= 11 is 6.07. The number of benzene rings is 2. The molecule has 0 saturated carbocycles. The fraction of sp³-hybridized carbons (Fsp3) is 0.158. The Morgan fingerprint density at radius 1 is 1.08 bits per heavy atom. The first-order valence-electron chi connectivity index (χ1n) is 7.42. The lowest BCUT2D eigenvalue weighted by atomic mass is 10.1. The summed E-state index contributed by atoms with van der Waals surface area (Å²) in [6.45, 7) is 0. The van der Waals surface area contributed by atoms with Crippen molar-refractivity contribution < 1.29 is 23.7 Å². The zero-order valence-electron chi connectivity index (χ0n) is 14.4. The van der Waals surface area contributed by atoms with Crippen LogP contribution >= 0.6 is 11.6 Å². The van der Waals surface area contributed by atoms with Gasteiger partial charge in [0.15, 0.2) is 11.5 Å². The molecule has 0 radical (unpaired) electrons. The molecule has 0 amide bonds. The lowest BCUT2D eigenvalue weighted by molar-refractivity contribution is -0.129. The molecule has 0 saturated heterocycles. The molecule has 0 N–H and O–H groups in total. The second kappa shape index (κ2) is 8.79. The highest BCUT2D eigenvalue weighted by Crippen LogP contribution is 2.36. The number of carbonyl (C=O) groups excluding carboxylic acids is 1. The first-order valence-corrected chi connectivity index (χ1v) is 7.79. The monoisotopic (exact) mass is 373 g/mol. The van der Waals surface area contributed by atoms with E-state index >= 15 is 0 Å². The number of halogens is 1. The van der Waals surface area contributed by atoms with Gasteiger partial charge in [0.25, 0.3) is 0 Å². The number of methoxy groups -OCH3 is 3. The minimum absolute atomic E-state index is 0.0421. The molecule has 0 aromatic heterocycles. The molecule has 6 nitrogen and oxygen atoms in total. The van der Waals surface area contributed by atoms with Crippen molar-refractivity contribution in [3.8, 4) is 29.1 Å². The van der Waals surface area contributed by atoms with Gasteiger partial charge >= 0.3 is 5.97 Å². The third kappa shape index (κ3) is 4.47. The SMILES string of the molecule is COc1ccc(OC)c(/C=C/C(=O)Oc2c(Cl)cc(C#N)cc2OC)c1. The highest BCUT2D eigenvalue weighted by molar-refractivity contribution is 6.32. The van der Waals surface area contributed by atoms with Crippen LogP contribution in [0.15, 0.2) is 36.4 Å². The van der Waals surface area contributed by atoms with Crippen molar-refractivity contribution in [2.45, 2.75) is 0 Å². The maximum atomic E-state index is 12.2. The van der Waals surface area contributed by atoms with Gasteiger partial charge in [0.1, 0.15) is 11.5 Å². The van der Waals surface area contributed by atoms with Gasteiger partial charge < -0.3 is 18.9 Å². The van der Waals surface area contributed by atoms with E-state index in [4.69, 9.17) is 35.8 Å². The molecule has 0 unspecified atom stereocenters.